The minimum Gasteiger partial charge on any atom is -0.493 e. The normalized spacial score (nSPS) is 10.8. The Morgan fingerprint density at radius 2 is 1.62 bits per heavy atom. The van der Waals surface area contributed by atoms with Crippen LogP contribution in [0.1, 0.15) is 43.0 Å². The van der Waals surface area contributed by atoms with Crippen molar-refractivity contribution in [3.05, 3.63) is 48.0 Å². The first-order valence-corrected chi connectivity index (χ1v) is 11.0. The molecule has 1 heterocycles. The van der Waals surface area contributed by atoms with E-state index in [2.05, 4.69) is 6.92 Å². The summed E-state index contributed by atoms with van der Waals surface area (Å²) in [5, 5.41) is 0.842. The van der Waals surface area contributed by atoms with Gasteiger partial charge in [-0.05, 0) is 30.7 Å². The van der Waals surface area contributed by atoms with Gasteiger partial charge in [-0.3, -0.25) is 4.79 Å². The van der Waals surface area contributed by atoms with Crippen LogP contribution in [-0.4, -0.2) is 50.7 Å². The van der Waals surface area contributed by atoms with E-state index < -0.39 is 0 Å². The monoisotopic (exact) mass is 436 g/mol. The number of hydrogen-bond acceptors (Lipinski definition) is 5. The summed E-state index contributed by atoms with van der Waals surface area (Å²) in [6, 6.07) is 13.3. The number of pyridine rings is 1. The number of nitrogens with zero attached hydrogens (tertiary/aromatic N) is 2. The molecule has 6 nitrogen and oxygen atoms in total. The van der Waals surface area contributed by atoms with E-state index in [0.29, 0.717) is 28.5 Å². The molecule has 3 aromatic rings. The van der Waals surface area contributed by atoms with E-state index in [1.54, 1.807) is 26.2 Å². The third-order valence-electron chi connectivity index (χ3n) is 5.60. The van der Waals surface area contributed by atoms with Crippen molar-refractivity contribution in [2.75, 3.05) is 34.9 Å². The van der Waals surface area contributed by atoms with Gasteiger partial charge in [-0.15, -0.1) is 0 Å². The van der Waals surface area contributed by atoms with Crippen LogP contribution in [0.15, 0.2) is 42.5 Å². The molecule has 1 amide bonds. The first kappa shape index (κ1) is 23.4. The summed E-state index contributed by atoms with van der Waals surface area (Å²) in [5.74, 6) is 1.59. The number of para-hydroxylation sites is 1. The molecule has 0 fully saturated rings. The molecule has 0 atom stereocenters. The third-order valence-corrected chi connectivity index (χ3v) is 5.60. The number of amides is 1. The highest BCUT2D eigenvalue weighted by Crippen LogP contribution is 2.41. The summed E-state index contributed by atoms with van der Waals surface area (Å²) >= 11 is 0. The summed E-state index contributed by atoms with van der Waals surface area (Å²) in [4.78, 5) is 20.0. The lowest BCUT2D eigenvalue weighted by atomic mass is 10.0. The largest absolute Gasteiger partial charge is 0.493 e. The van der Waals surface area contributed by atoms with E-state index in [9.17, 15) is 4.79 Å². The summed E-state index contributed by atoms with van der Waals surface area (Å²) in [6.07, 6.45) is 4.48. The van der Waals surface area contributed by atoms with Crippen molar-refractivity contribution in [3.8, 4) is 28.5 Å². The van der Waals surface area contributed by atoms with Crippen molar-refractivity contribution in [1.29, 1.82) is 0 Å². The molecule has 0 saturated heterocycles. The highest BCUT2D eigenvalue weighted by molar-refractivity contribution is 6.07. The average Bonchev–Trinajstić information content (AvgIpc) is 2.84. The number of rotatable bonds is 10. The van der Waals surface area contributed by atoms with Gasteiger partial charge >= 0.3 is 0 Å². The van der Waals surface area contributed by atoms with Gasteiger partial charge in [0.1, 0.15) is 0 Å². The number of carbonyl (C=O) groups excluding carboxylic acids is 1. The second-order valence-corrected chi connectivity index (χ2v) is 7.77. The van der Waals surface area contributed by atoms with Gasteiger partial charge < -0.3 is 19.1 Å². The number of carbonyl (C=O) groups is 1. The Hall–Kier alpha value is -3.28. The Morgan fingerprint density at radius 1 is 0.938 bits per heavy atom. The zero-order valence-corrected chi connectivity index (χ0v) is 19.6. The van der Waals surface area contributed by atoms with Gasteiger partial charge in [-0.2, -0.15) is 0 Å². The van der Waals surface area contributed by atoms with E-state index in [0.717, 1.165) is 35.9 Å². The molecule has 0 radical (unpaired) electrons. The topological polar surface area (TPSA) is 60.9 Å². The molecule has 0 saturated carbocycles. The van der Waals surface area contributed by atoms with Crippen LogP contribution >= 0.6 is 0 Å². The van der Waals surface area contributed by atoms with Gasteiger partial charge in [0, 0.05) is 24.5 Å². The first-order chi connectivity index (χ1) is 15.5. The zero-order valence-electron chi connectivity index (χ0n) is 19.6. The van der Waals surface area contributed by atoms with Crippen molar-refractivity contribution in [1.82, 2.24) is 9.88 Å². The van der Waals surface area contributed by atoms with Crippen molar-refractivity contribution in [2.45, 2.75) is 32.6 Å². The number of fused-ring (bicyclic) bond motifs is 1. The Balaban J connectivity index is 2.06. The fourth-order valence-electron chi connectivity index (χ4n) is 3.81. The summed E-state index contributed by atoms with van der Waals surface area (Å²) < 4.78 is 16.4. The van der Waals surface area contributed by atoms with Gasteiger partial charge in [0.15, 0.2) is 11.5 Å². The maximum atomic E-state index is 13.4. The number of hydrogen-bond donors (Lipinski definition) is 0. The minimum atomic E-state index is -0.00575. The second-order valence-electron chi connectivity index (χ2n) is 7.77. The van der Waals surface area contributed by atoms with Gasteiger partial charge in [0.05, 0.1) is 38.1 Å². The van der Waals surface area contributed by atoms with Crippen LogP contribution in [0.2, 0.25) is 0 Å². The standard InChI is InChI=1S/C26H32N2O4/c1-6-7-8-11-14-28(2)26(29)20-17-22(27-21-13-10-9-12-19(20)21)18-15-23(30-3)25(32-5)24(16-18)31-4/h9-10,12-13,15-17H,6-8,11,14H2,1-5H3. The summed E-state index contributed by atoms with van der Waals surface area (Å²) in [5.41, 5.74) is 2.86. The molecule has 0 aliphatic rings. The minimum absolute atomic E-state index is 0.00575. The van der Waals surface area contributed by atoms with Gasteiger partial charge in [0.25, 0.3) is 5.91 Å². The molecule has 3 rings (SSSR count). The number of methoxy groups -OCH3 is 3. The van der Waals surface area contributed by atoms with Crippen molar-refractivity contribution >= 4 is 16.8 Å². The van der Waals surface area contributed by atoms with Gasteiger partial charge in [-0.1, -0.05) is 44.4 Å². The van der Waals surface area contributed by atoms with E-state index in [4.69, 9.17) is 19.2 Å². The van der Waals surface area contributed by atoms with E-state index in [-0.39, 0.29) is 5.91 Å². The van der Waals surface area contributed by atoms with Crippen LogP contribution < -0.4 is 14.2 Å². The van der Waals surface area contributed by atoms with Gasteiger partial charge in [-0.25, -0.2) is 4.98 Å². The second kappa shape index (κ2) is 10.8. The molecule has 0 bridgehead atoms. The van der Waals surface area contributed by atoms with Crippen LogP contribution in [0.4, 0.5) is 0 Å². The number of benzene rings is 2. The van der Waals surface area contributed by atoms with E-state index in [1.165, 1.54) is 12.8 Å². The fourth-order valence-corrected chi connectivity index (χ4v) is 3.81. The summed E-state index contributed by atoms with van der Waals surface area (Å²) in [6.45, 7) is 2.91. The lowest BCUT2D eigenvalue weighted by molar-refractivity contribution is 0.0794. The van der Waals surface area contributed by atoms with Crippen LogP contribution in [0.25, 0.3) is 22.2 Å². The predicted octanol–water partition coefficient (Wildman–Crippen LogP) is 5.58. The first-order valence-electron chi connectivity index (χ1n) is 11.0. The van der Waals surface area contributed by atoms with Crippen LogP contribution in [0.3, 0.4) is 0 Å². The molecule has 2 aromatic carbocycles. The molecule has 0 aliphatic carbocycles. The van der Waals surface area contributed by atoms with Gasteiger partial charge in [0.2, 0.25) is 5.75 Å². The Morgan fingerprint density at radius 3 is 2.25 bits per heavy atom. The molecular weight excluding hydrogens is 404 g/mol. The third kappa shape index (κ3) is 4.96. The SMILES string of the molecule is CCCCCCN(C)C(=O)c1cc(-c2cc(OC)c(OC)c(OC)c2)nc2ccccc12. The maximum Gasteiger partial charge on any atom is 0.254 e. The molecule has 6 heteroatoms. The van der Waals surface area contributed by atoms with Crippen LogP contribution in [0.5, 0.6) is 17.2 Å². The molecule has 170 valence electrons. The Bertz CT molecular complexity index is 1060. The zero-order chi connectivity index (χ0) is 23.1. The van der Waals surface area contributed by atoms with E-state index in [1.807, 2.05) is 49.5 Å². The lowest BCUT2D eigenvalue weighted by Gasteiger charge is -2.19. The number of unbranched alkanes of at least 4 members (excludes halogenated alkanes) is 3. The molecule has 0 aliphatic heterocycles. The average molecular weight is 437 g/mol. The molecule has 32 heavy (non-hydrogen) atoms. The van der Waals surface area contributed by atoms with Crippen molar-refractivity contribution in [2.24, 2.45) is 0 Å². The highest BCUT2D eigenvalue weighted by Gasteiger charge is 2.19. The molecular formula is C26H32N2O4. The smallest absolute Gasteiger partial charge is 0.254 e. The summed E-state index contributed by atoms with van der Waals surface area (Å²) in [7, 11) is 6.60. The number of aromatic nitrogens is 1. The molecule has 0 N–H and O–H groups in total. The Kier molecular flexibility index (Phi) is 7.92. The van der Waals surface area contributed by atoms with Crippen molar-refractivity contribution < 1.29 is 19.0 Å². The number of ether oxygens (including phenoxy) is 3. The van der Waals surface area contributed by atoms with E-state index >= 15 is 0 Å². The van der Waals surface area contributed by atoms with Crippen molar-refractivity contribution in [3.63, 3.8) is 0 Å². The van der Waals surface area contributed by atoms with Crippen LogP contribution in [0, 0.1) is 0 Å². The predicted molar refractivity (Wildman–Crippen MR) is 128 cm³/mol. The quantitative estimate of drug-likeness (QED) is 0.388. The molecule has 0 unspecified atom stereocenters. The maximum absolute atomic E-state index is 13.4. The highest BCUT2D eigenvalue weighted by atomic mass is 16.5. The molecule has 0 spiro atoms. The lowest BCUT2D eigenvalue weighted by Crippen LogP contribution is -2.28. The Labute approximate surface area is 190 Å². The molecule has 1 aromatic heterocycles. The fraction of sp³-hybridized carbons (Fsp3) is 0.385. The van der Waals surface area contributed by atoms with Crippen LogP contribution in [-0.2, 0) is 0 Å².